The molecule has 2 fully saturated rings. The van der Waals surface area contributed by atoms with Crippen molar-refractivity contribution in [2.45, 2.75) is 50.4 Å². The van der Waals surface area contributed by atoms with Gasteiger partial charge in [0.2, 0.25) is 5.91 Å². The lowest BCUT2D eigenvalue weighted by molar-refractivity contribution is -0.172. The SMILES string of the molecule is C=C1CCC(N2Cc3c(OCc4ccc(CN5CC(F)(F)C(F)(F)C5)cc4)cccc3C2=O)C(=O)N1. The number of likely N-dealkylation sites (tertiary alicyclic amines) is 1. The lowest BCUT2D eigenvalue weighted by Gasteiger charge is -2.31. The molecule has 0 bridgehead atoms. The van der Waals surface area contributed by atoms with Gasteiger partial charge in [0.25, 0.3) is 5.91 Å². The summed E-state index contributed by atoms with van der Waals surface area (Å²) in [5, 5.41) is 2.71. The van der Waals surface area contributed by atoms with Gasteiger partial charge in [0.1, 0.15) is 18.4 Å². The van der Waals surface area contributed by atoms with E-state index in [1.807, 2.05) is 0 Å². The largest absolute Gasteiger partial charge is 0.489 e. The van der Waals surface area contributed by atoms with E-state index >= 15 is 0 Å². The zero-order valence-corrected chi connectivity index (χ0v) is 19.4. The average molecular weight is 503 g/mol. The van der Waals surface area contributed by atoms with Crippen molar-refractivity contribution in [2.75, 3.05) is 13.1 Å². The fourth-order valence-corrected chi connectivity index (χ4v) is 4.89. The normalized spacial score (nSPS) is 23.1. The number of carbonyl (C=O) groups excluding carboxylic acids is 2. The van der Waals surface area contributed by atoms with Crippen LogP contribution >= 0.6 is 0 Å². The number of hydrogen-bond donors (Lipinski definition) is 1. The molecule has 1 N–H and O–H groups in total. The van der Waals surface area contributed by atoms with Crippen LogP contribution in [0.5, 0.6) is 5.75 Å². The van der Waals surface area contributed by atoms with Crippen molar-refractivity contribution in [1.29, 1.82) is 0 Å². The predicted octanol–water partition coefficient (Wildman–Crippen LogP) is 4.10. The zero-order chi connectivity index (χ0) is 25.7. The van der Waals surface area contributed by atoms with E-state index in [-0.39, 0.29) is 31.5 Å². The van der Waals surface area contributed by atoms with Crippen LogP contribution in [0, 0.1) is 0 Å². The number of nitrogens with one attached hydrogen (secondary N) is 1. The molecule has 2 aromatic rings. The van der Waals surface area contributed by atoms with Crippen LogP contribution in [0.25, 0.3) is 0 Å². The van der Waals surface area contributed by atoms with E-state index in [4.69, 9.17) is 4.74 Å². The maximum absolute atomic E-state index is 13.4. The Hall–Kier alpha value is -3.40. The van der Waals surface area contributed by atoms with Crippen molar-refractivity contribution in [3.63, 3.8) is 0 Å². The fraction of sp³-hybridized carbons (Fsp3) is 0.385. The Balaban J connectivity index is 1.22. The lowest BCUT2D eigenvalue weighted by Crippen LogP contribution is -2.49. The number of allylic oxidation sites excluding steroid dienone is 1. The minimum Gasteiger partial charge on any atom is -0.489 e. The van der Waals surface area contributed by atoms with Crippen LogP contribution in [0.3, 0.4) is 0 Å². The van der Waals surface area contributed by atoms with Crippen LogP contribution in [0.1, 0.15) is 39.9 Å². The standard InChI is InChI=1S/C26H25F4N3O3/c1-16-5-10-21(23(34)31-16)33-12-20-19(24(33)35)3-2-4-22(20)36-13-18-8-6-17(7-9-18)11-32-14-25(27,28)26(29,30)15-32/h2-4,6-9,21H,1,5,10-15H2,(H,31,34). The number of alkyl halides is 4. The first kappa shape index (κ1) is 24.3. The number of rotatable bonds is 6. The van der Waals surface area contributed by atoms with Gasteiger partial charge < -0.3 is 15.0 Å². The average Bonchev–Trinajstić information content (AvgIpc) is 3.25. The van der Waals surface area contributed by atoms with Crippen LogP contribution in [-0.2, 0) is 24.5 Å². The number of hydrogen-bond acceptors (Lipinski definition) is 4. The van der Waals surface area contributed by atoms with Gasteiger partial charge in [0.05, 0.1) is 19.6 Å². The third kappa shape index (κ3) is 4.45. The monoisotopic (exact) mass is 503 g/mol. The van der Waals surface area contributed by atoms with Crippen LogP contribution < -0.4 is 10.1 Å². The van der Waals surface area contributed by atoms with Crippen molar-refractivity contribution in [2.24, 2.45) is 0 Å². The van der Waals surface area contributed by atoms with E-state index in [1.54, 1.807) is 47.4 Å². The summed E-state index contributed by atoms with van der Waals surface area (Å²) in [5.41, 5.74) is 3.29. The molecule has 6 nitrogen and oxygen atoms in total. The van der Waals surface area contributed by atoms with Gasteiger partial charge in [-0.2, -0.15) is 17.6 Å². The van der Waals surface area contributed by atoms with Gasteiger partial charge >= 0.3 is 11.8 Å². The second kappa shape index (κ2) is 8.92. The molecule has 3 aliphatic heterocycles. The summed E-state index contributed by atoms with van der Waals surface area (Å²) >= 11 is 0. The molecule has 0 aromatic heterocycles. The number of benzene rings is 2. The van der Waals surface area contributed by atoms with Gasteiger partial charge in [0, 0.05) is 23.4 Å². The van der Waals surface area contributed by atoms with Crippen LogP contribution in [0.15, 0.2) is 54.7 Å². The Labute approximate surface area is 205 Å². The molecule has 3 aliphatic rings. The van der Waals surface area contributed by atoms with Crippen molar-refractivity contribution in [3.8, 4) is 5.75 Å². The summed E-state index contributed by atoms with van der Waals surface area (Å²) < 4.78 is 59.7. The minimum absolute atomic E-state index is 0.00144. The van der Waals surface area contributed by atoms with Gasteiger partial charge in [0.15, 0.2) is 0 Å². The van der Waals surface area contributed by atoms with Gasteiger partial charge in [-0.1, -0.05) is 36.9 Å². The highest BCUT2D eigenvalue weighted by Crippen LogP contribution is 2.41. The molecule has 0 spiro atoms. The molecule has 36 heavy (non-hydrogen) atoms. The van der Waals surface area contributed by atoms with E-state index in [0.717, 1.165) is 10.5 Å². The van der Waals surface area contributed by atoms with Gasteiger partial charge in [-0.25, -0.2) is 0 Å². The fourth-order valence-electron chi connectivity index (χ4n) is 4.89. The highest BCUT2D eigenvalue weighted by molar-refractivity contribution is 6.02. The van der Waals surface area contributed by atoms with E-state index in [2.05, 4.69) is 11.9 Å². The molecule has 0 saturated carbocycles. The number of ether oxygens (including phenoxy) is 1. The topological polar surface area (TPSA) is 61.9 Å². The Morgan fingerprint density at radius 1 is 1.00 bits per heavy atom. The molecule has 0 radical (unpaired) electrons. The van der Waals surface area contributed by atoms with E-state index in [9.17, 15) is 27.2 Å². The highest BCUT2D eigenvalue weighted by Gasteiger charge is 2.62. The second-order valence-corrected chi connectivity index (χ2v) is 9.52. The number of fused-ring (bicyclic) bond motifs is 1. The molecule has 190 valence electrons. The highest BCUT2D eigenvalue weighted by atomic mass is 19.3. The Morgan fingerprint density at radius 2 is 1.67 bits per heavy atom. The second-order valence-electron chi connectivity index (χ2n) is 9.52. The molecular formula is C26H25F4N3O3. The number of nitrogens with zero attached hydrogens (tertiary/aromatic N) is 2. The first-order valence-electron chi connectivity index (χ1n) is 11.6. The van der Waals surface area contributed by atoms with E-state index in [1.165, 1.54) is 0 Å². The molecule has 2 amide bonds. The van der Waals surface area contributed by atoms with Gasteiger partial charge in [-0.3, -0.25) is 14.5 Å². The first-order valence-corrected chi connectivity index (χ1v) is 11.6. The first-order chi connectivity index (χ1) is 17.0. The molecule has 1 atom stereocenters. The minimum atomic E-state index is -4.02. The summed E-state index contributed by atoms with van der Waals surface area (Å²) in [7, 11) is 0. The van der Waals surface area contributed by atoms with Crippen LogP contribution in [0.2, 0.25) is 0 Å². The molecule has 10 heteroatoms. The maximum atomic E-state index is 13.4. The van der Waals surface area contributed by atoms with Crippen LogP contribution in [-0.4, -0.2) is 52.6 Å². The van der Waals surface area contributed by atoms with Crippen LogP contribution in [0.4, 0.5) is 17.6 Å². The van der Waals surface area contributed by atoms with Gasteiger partial charge in [-0.15, -0.1) is 0 Å². The Morgan fingerprint density at radius 3 is 2.33 bits per heavy atom. The number of piperidine rings is 1. The lowest BCUT2D eigenvalue weighted by atomic mass is 10.0. The summed E-state index contributed by atoms with van der Waals surface area (Å²) in [5.74, 6) is -7.97. The van der Waals surface area contributed by atoms with Crippen molar-refractivity contribution < 1.29 is 31.9 Å². The van der Waals surface area contributed by atoms with Crippen molar-refractivity contribution in [3.05, 3.63) is 77.0 Å². The summed E-state index contributed by atoms with van der Waals surface area (Å²) in [6.45, 7) is 2.28. The summed E-state index contributed by atoms with van der Waals surface area (Å²) in [6.07, 6.45) is 1.12. The summed E-state index contributed by atoms with van der Waals surface area (Å²) in [6, 6.07) is 11.5. The zero-order valence-electron chi connectivity index (χ0n) is 19.4. The molecule has 3 heterocycles. The molecule has 5 rings (SSSR count). The summed E-state index contributed by atoms with van der Waals surface area (Å²) in [4.78, 5) is 28.0. The Kier molecular flexibility index (Phi) is 6.02. The molecule has 0 aliphatic carbocycles. The van der Waals surface area contributed by atoms with E-state index in [0.29, 0.717) is 41.0 Å². The van der Waals surface area contributed by atoms with Gasteiger partial charge in [-0.05, 0) is 36.1 Å². The molecule has 1 unspecified atom stereocenters. The third-order valence-electron chi connectivity index (χ3n) is 6.85. The number of amides is 2. The van der Waals surface area contributed by atoms with Crippen molar-refractivity contribution >= 4 is 11.8 Å². The number of halogens is 4. The smallest absolute Gasteiger partial charge is 0.323 e. The quantitative estimate of drug-likeness (QED) is 0.604. The van der Waals surface area contributed by atoms with Crippen molar-refractivity contribution in [1.82, 2.24) is 15.1 Å². The number of carbonyl (C=O) groups is 2. The van der Waals surface area contributed by atoms with E-state index < -0.39 is 31.0 Å². The predicted molar refractivity (Wildman–Crippen MR) is 123 cm³/mol. The third-order valence-corrected chi connectivity index (χ3v) is 6.85. The maximum Gasteiger partial charge on any atom is 0.323 e. The Bertz CT molecular complexity index is 1200. The molecule has 2 aromatic carbocycles. The molecular weight excluding hydrogens is 478 g/mol. The molecule has 2 saturated heterocycles.